The number of carbonyl (C=O) groups is 2. The summed E-state index contributed by atoms with van der Waals surface area (Å²) in [5.74, 6) is -0.478. The molecule has 0 aliphatic carbocycles. The minimum absolute atomic E-state index is 0.168. The van der Waals surface area contributed by atoms with E-state index >= 15 is 0 Å². The van der Waals surface area contributed by atoms with E-state index in [1.165, 1.54) is 0 Å². The van der Waals surface area contributed by atoms with E-state index in [0.29, 0.717) is 22.2 Å². The molecule has 0 aliphatic rings. The van der Waals surface area contributed by atoms with Gasteiger partial charge in [0.2, 0.25) is 5.78 Å². The van der Waals surface area contributed by atoms with Gasteiger partial charge in [-0.05, 0) is 11.5 Å². The van der Waals surface area contributed by atoms with Gasteiger partial charge in [0.15, 0.2) is 5.78 Å². The van der Waals surface area contributed by atoms with E-state index in [-0.39, 0.29) is 17.3 Å². The van der Waals surface area contributed by atoms with Gasteiger partial charge in [-0.15, -0.1) is 0 Å². The summed E-state index contributed by atoms with van der Waals surface area (Å²) < 4.78 is 1.63. The Hall–Kier alpha value is -4.05. The minimum Gasteiger partial charge on any atom is -0.288 e. The van der Waals surface area contributed by atoms with Gasteiger partial charge >= 0.3 is 0 Å². The minimum atomic E-state index is -0.266. The van der Waals surface area contributed by atoms with Crippen molar-refractivity contribution in [2.75, 3.05) is 0 Å². The van der Waals surface area contributed by atoms with Gasteiger partial charge in [-0.2, -0.15) is 5.10 Å². The van der Waals surface area contributed by atoms with Gasteiger partial charge in [-0.3, -0.25) is 9.59 Å². The second-order valence-corrected chi connectivity index (χ2v) is 6.81. The van der Waals surface area contributed by atoms with Crippen molar-refractivity contribution >= 4 is 27.9 Å². The van der Waals surface area contributed by atoms with E-state index in [2.05, 4.69) is 5.10 Å². The Bertz CT molecular complexity index is 1370. The van der Waals surface area contributed by atoms with Crippen LogP contribution in [0.4, 0.5) is 0 Å². The zero-order valence-electron chi connectivity index (χ0n) is 15.4. The molecule has 0 saturated carbocycles. The molecular weight excluding hydrogens is 360 g/mol. The molecule has 2 heterocycles. The van der Waals surface area contributed by atoms with Crippen molar-refractivity contribution in [1.82, 2.24) is 9.61 Å². The lowest BCUT2D eigenvalue weighted by Gasteiger charge is -2.05. The van der Waals surface area contributed by atoms with Gasteiger partial charge in [-0.1, -0.05) is 84.9 Å². The normalized spacial score (nSPS) is 11.0. The molecule has 29 heavy (non-hydrogen) atoms. The monoisotopic (exact) mass is 376 g/mol. The Morgan fingerprint density at radius 2 is 1.24 bits per heavy atom. The second-order valence-electron chi connectivity index (χ2n) is 6.81. The van der Waals surface area contributed by atoms with Crippen LogP contribution in [-0.4, -0.2) is 21.2 Å². The summed E-state index contributed by atoms with van der Waals surface area (Å²) in [6, 6.07) is 27.7. The number of hydrogen-bond acceptors (Lipinski definition) is 3. The molecule has 0 saturated heterocycles. The van der Waals surface area contributed by atoms with Crippen molar-refractivity contribution in [3.05, 3.63) is 120 Å². The maximum atomic E-state index is 13.5. The van der Waals surface area contributed by atoms with Crippen molar-refractivity contribution in [1.29, 1.82) is 0 Å². The van der Waals surface area contributed by atoms with E-state index < -0.39 is 0 Å². The average Bonchev–Trinajstić information content (AvgIpc) is 3.19. The number of benzene rings is 3. The molecule has 0 bridgehead atoms. The Morgan fingerprint density at radius 3 is 1.93 bits per heavy atom. The summed E-state index contributed by atoms with van der Waals surface area (Å²) in [6.07, 6.45) is 1.79. The van der Waals surface area contributed by atoms with Crippen molar-refractivity contribution in [3.8, 4) is 0 Å². The Morgan fingerprint density at radius 1 is 0.655 bits per heavy atom. The van der Waals surface area contributed by atoms with Gasteiger partial charge in [-0.25, -0.2) is 4.52 Å². The van der Waals surface area contributed by atoms with Crippen LogP contribution in [0.15, 0.2) is 97.2 Å². The van der Waals surface area contributed by atoms with Crippen LogP contribution in [0.1, 0.15) is 32.0 Å². The summed E-state index contributed by atoms with van der Waals surface area (Å²) in [6.45, 7) is 0. The quantitative estimate of drug-likeness (QED) is 0.417. The van der Waals surface area contributed by atoms with Crippen LogP contribution in [0.2, 0.25) is 0 Å². The van der Waals surface area contributed by atoms with Crippen LogP contribution in [0.5, 0.6) is 0 Å². The predicted molar refractivity (Wildman–Crippen MR) is 112 cm³/mol. The summed E-state index contributed by atoms with van der Waals surface area (Å²) in [7, 11) is 0. The number of hydrogen-bond donors (Lipinski definition) is 0. The van der Waals surface area contributed by atoms with E-state index in [1.54, 1.807) is 47.1 Å². The van der Waals surface area contributed by atoms with Crippen LogP contribution in [0.3, 0.4) is 0 Å². The zero-order valence-corrected chi connectivity index (χ0v) is 15.4. The summed E-state index contributed by atoms with van der Waals surface area (Å²) in [4.78, 5) is 26.8. The molecule has 4 heteroatoms. The third kappa shape index (κ3) is 2.82. The molecule has 0 aliphatic heterocycles. The highest BCUT2D eigenvalue weighted by molar-refractivity contribution is 6.24. The number of aromatic nitrogens is 2. The van der Waals surface area contributed by atoms with Crippen LogP contribution < -0.4 is 0 Å². The van der Waals surface area contributed by atoms with Gasteiger partial charge < -0.3 is 0 Å². The van der Waals surface area contributed by atoms with Crippen molar-refractivity contribution in [3.63, 3.8) is 0 Å². The first-order valence-corrected chi connectivity index (χ1v) is 9.33. The standard InChI is InChI=1S/C25H16N2O2/c28-24(18-10-3-1-4-11-18)21-22(25(29)19-12-5-2-6-13-19)26-27-16-15-17-9-7-8-14-20(17)23(21)27/h1-16H. The number of fused-ring (bicyclic) bond motifs is 3. The van der Waals surface area contributed by atoms with Crippen LogP contribution >= 0.6 is 0 Å². The molecule has 0 unspecified atom stereocenters. The van der Waals surface area contributed by atoms with Crippen LogP contribution in [-0.2, 0) is 0 Å². The fourth-order valence-corrected chi connectivity index (χ4v) is 3.64. The third-order valence-corrected chi connectivity index (χ3v) is 5.04. The summed E-state index contributed by atoms with van der Waals surface area (Å²) >= 11 is 0. The second kappa shape index (κ2) is 6.84. The summed E-state index contributed by atoms with van der Waals surface area (Å²) in [5.41, 5.74) is 2.18. The van der Waals surface area contributed by atoms with Gasteiger partial charge in [0.1, 0.15) is 5.69 Å². The number of rotatable bonds is 4. The Kier molecular flexibility index (Phi) is 4.03. The molecule has 0 radical (unpaired) electrons. The molecule has 0 atom stereocenters. The Labute approximate surface area is 167 Å². The number of carbonyl (C=O) groups excluding carboxylic acids is 2. The van der Waals surface area contributed by atoms with Gasteiger partial charge in [0, 0.05) is 22.7 Å². The lowest BCUT2D eigenvalue weighted by molar-refractivity contribution is 0.100. The Balaban J connectivity index is 1.84. The molecule has 0 spiro atoms. The highest BCUT2D eigenvalue weighted by atomic mass is 16.1. The molecule has 0 N–H and O–H groups in total. The average molecular weight is 376 g/mol. The van der Waals surface area contributed by atoms with Crippen LogP contribution in [0, 0.1) is 0 Å². The van der Waals surface area contributed by atoms with Gasteiger partial charge in [0.25, 0.3) is 0 Å². The first kappa shape index (κ1) is 17.1. The van der Waals surface area contributed by atoms with Crippen molar-refractivity contribution in [2.45, 2.75) is 0 Å². The highest BCUT2D eigenvalue weighted by Crippen LogP contribution is 2.28. The van der Waals surface area contributed by atoms with E-state index in [0.717, 1.165) is 10.8 Å². The molecule has 138 valence electrons. The molecule has 3 aromatic carbocycles. The fourth-order valence-electron chi connectivity index (χ4n) is 3.64. The molecule has 4 nitrogen and oxygen atoms in total. The molecule has 5 rings (SSSR count). The number of ketones is 2. The smallest absolute Gasteiger partial charge is 0.214 e. The number of pyridine rings is 1. The van der Waals surface area contributed by atoms with E-state index in [9.17, 15) is 9.59 Å². The largest absolute Gasteiger partial charge is 0.288 e. The summed E-state index contributed by atoms with van der Waals surface area (Å²) in [5, 5.41) is 6.40. The predicted octanol–water partition coefficient (Wildman–Crippen LogP) is 4.95. The molecular formula is C25H16N2O2. The molecule has 0 fully saturated rings. The maximum Gasteiger partial charge on any atom is 0.214 e. The van der Waals surface area contributed by atoms with E-state index in [4.69, 9.17) is 0 Å². The van der Waals surface area contributed by atoms with Crippen molar-refractivity contribution < 1.29 is 9.59 Å². The van der Waals surface area contributed by atoms with Crippen LogP contribution in [0.25, 0.3) is 16.3 Å². The first-order chi connectivity index (χ1) is 14.2. The lowest BCUT2D eigenvalue weighted by Crippen LogP contribution is -2.10. The zero-order chi connectivity index (χ0) is 19.8. The molecule has 2 aromatic heterocycles. The maximum absolute atomic E-state index is 13.5. The topological polar surface area (TPSA) is 51.4 Å². The molecule has 0 amide bonds. The fraction of sp³-hybridized carbons (Fsp3) is 0. The first-order valence-electron chi connectivity index (χ1n) is 9.33. The SMILES string of the molecule is O=C(c1ccccc1)c1nn2ccc3ccccc3c2c1C(=O)c1ccccc1. The third-order valence-electron chi connectivity index (χ3n) is 5.04. The number of nitrogens with zero attached hydrogens (tertiary/aromatic N) is 2. The van der Waals surface area contributed by atoms with Gasteiger partial charge in [0.05, 0.1) is 11.1 Å². The van der Waals surface area contributed by atoms with Crippen molar-refractivity contribution in [2.24, 2.45) is 0 Å². The highest BCUT2D eigenvalue weighted by Gasteiger charge is 2.27. The molecule has 5 aromatic rings. The van der Waals surface area contributed by atoms with E-state index in [1.807, 2.05) is 54.6 Å². The lowest BCUT2D eigenvalue weighted by atomic mass is 9.96.